The number of aryl methyl sites for hydroxylation is 2. The molecule has 0 saturated carbocycles. The molecule has 0 atom stereocenters. The monoisotopic (exact) mass is 380 g/mol. The molecule has 5 nitrogen and oxygen atoms in total. The van der Waals surface area contributed by atoms with E-state index in [2.05, 4.69) is 5.32 Å². The number of hydrogen-bond acceptors (Lipinski definition) is 3. The van der Waals surface area contributed by atoms with Crippen molar-refractivity contribution in [1.29, 1.82) is 0 Å². The average molecular weight is 380 g/mol. The zero-order chi connectivity index (χ0) is 19.9. The van der Waals surface area contributed by atoms with Gasteiger partial charge in [-0.05, 0) is 49.4 Å². The number of likely N-dealkylation sites (tertiary alicyclic amines) is 1. The Labute approximate surface area is 166 Å². The van der Waals surface area contributed by atoms with Crippen LogP contribution in [0, 0.1) is 12.8 Å². The van der Waals surface area contributed by atoms with E-state index >= 15 is 0 Å². The minimum atomic E-state index is -0.0802. The second-order valence-electron chi connectivity index (χ2n) is 7.33. The Kier molecular flexibility index (Phi) is 6.69. The molecule has 1 aliphatic heterocycles. The summed E-state index contributed by atoms with van der Waals surface area (Å²) < 4.78 is 5.33. The first-order valence-electron chi connectivity index (χ1n) is 9.84. The summed E-state index contributed by atoms with van der Waals surface area (Å²) in [4.78, 5) is 27.0. The van der Waals surface area contributed by atoms with Gasteiger partial charge in [-0.25, -0.2) is 0 Å². The first kappa shape index (κ1) is 19.9. The number of nitrogens with one attached hydrogen (secondary N) is 1. The van der Waals surface area contributed by atoms with E-state index in [0.29, 0.717) is 43.8 Å². The van der Waals surface area contributed by atoms with Gasteiger partial charge >= 0.3 is 0 Å². The fourth-order valence-electron chi connectivity index (χ4n) is 3.60. The van der Waals surface area contributed by atoms with Gasteiger partial charge in [0.25, 0.3) is 0 Å². The van der Waals surface area contributed by atoms with Gasteiger partial charge in [0, 0.05) is 25.4 Å². The summed E-state index contributed by atoms with van der Waals surface area (Å²) in [6.45, 7) is 3.25. The predicted molar refractivity (Wildman–Crippen MR) is 110 cm³/mol. The molecule has 1 saturated heterocycles. The van der Waals surface area contributed by atoms with E-state index in [4.69, 9.17) is 4.74 Å². The fraction of sp³-hybridized carbons (Fsp3) is 0.391. The van der Waals surface area contributed by atoms with Gasteiger partial charge in [0.15, 0.2) is 0 Å². The van der Waals surface area contributed by atoms with E-state index in [0.717, 1.165) is 12.0 Å². The van der Waals surface area contributed by atoms with Crippen molar-refractivity contribution >= 4 is 17.5 Å². The van der Waals surface area contributed by atoms with E-state index in [1.165, 1.54) is 5.56 Å². The molecule has 2 aromatic carbocycles. The molecule has 148 valence electrons. The molecular weight excluding hydrogens is 352 g/mol. The molecule has 0 aromatic heterocycles. The van der Waals surface area contributed by atoms with Crippen LogP contribution in [-0.4, -0.2) is 36.9 Å². The van der Waals surface area contributed by atoms with E-state index in [-0.39, 0.29) is 17.7 Å². The number of piperidine rings is 1. The van der Waals surface area contributed by atoms with Crippen LogP contribution in [0.5, 0.6) is 5.75 Å². The number of hydrogen-bond donors (Lipinski definition) is 1. The minimum Gasteiger partial charge on any atom is -0.495 e. The Bertz CT molecular complexity index is 812. The molecule has 0 unspecified atom stereocenters. The fourth-order valence-corrected chi connectivity index (χ4v) is 3.60. The van der Waals surface area contributed by atoms with Crippen molar-refractivity contribution in [3.05, 3.63) is 59.7 Å². The van der Waals surface area contributed by atoms with Crippen molar-refractivity contribution in [3.63, 3.8) is 0 Å². The van der Waals surface area contributed by atoms with Gasteiger partial charge in [-0.15, -0.1) is 0 Å². The van der Waals surface area contributed by atoms with E-state index < -0.39 is 0 Å². The van der Waals surface area contributed by atoms with Crippen LogP contribution in [0.4, 0.5) is 5.69 Å². The number of anilines is 1. The molecular formula is C23H28N2O3. The van der Waals surface area contributed by atoms with Gasteiger partial charge < -0.3 is 15.0 Å². The third-order valence-electron chi connectivity index (χ3n) is 5.30. The Morgan fingerprint density at radius 2 is 1.82 bits per heavy atom. The number of rotatable bonds is 6. The van der Waals surface area contributed by atoms with Gasteiger partial charge in [-0.1, -0.05) is 36.4 Å². The van der Waals surface area contributed by atoms with Gasteiger partial charge in [-0.3, -0.25) is 9.59 Å². The minimum absolute atomic E-state index is 0.000263. The van der Waals surface area contributed by atoms with Gasteiger partial charge in [0.05, 0.1) is 12.8 Å². The molecule has 1 aliphatic rings. The summed E-state index contributed by atoms with van der Waals surface area (Å²) in [5, 5.41) is 3.00. The molecule has 0 spiro atoms. The Morgan fingerprint density at radius 1 is 1.11 bits per heavy atom. The number of carbonyl (C=O) groups is 2. The molecule has 0 aliphatic carbocycles. The SMILES string of the molecule is COc1ccc(C)cc1NC(=O)C1CCN(C(=O)CCc2ccccc2)CC1. The Balaban J connectivity index is 1.48. The molecule has 1 N–H and O–H groups in total. The number of ether oxygens (including phenoxy) is 1. The number of amides is 2. The summed E-state index contributed by atoms with van der Waals surface area (Å²) in [6, 6.07) is 15.8. The van der Waals surface area contributed by atoms with Gasteiger partial charge in [0.2, 0.25) is 11.8 Å². The van der Waals surface area contributed by atoms with Crippen molar-refractivity contribution in [1.82, 2.24) is 4.90 Å². The van der Waals surface area contributed by atoms with Crippen LogP contribution in [0.1, 0.15) is 30.4 Å². The van der Waals surface area contributed by atoms with Crippen LogP contribution in [0.3, 0.4) is 0 Å². The number of methoxy groups -OCH3 is 1. The highest BCUT2D eigenvalue weighted by Gasteiger charge is 2.27. The molecule has 1 heterocycles. The zero-order valence-electron chi connectivity index (χ0n) is 16.6. The Hall–Kier alpha value is -2.82. The van der Waals surface area contributed by atoms with Crippen molar-refractivity contribution in [3.8, 4) is 5.75 Å². The summed E-state index contributed by atoms with van der Waals surface area (Å²) in [5.41, 5.74) is 2.95. The normalized spacial score (nSPS) is 14.6. The van der Waals surface area contributed by atoms with Crippen molar-refractivity contribution in [2.75, 3.05) is 25.5 Å². The largest absolute Gasteiger partial charge is 0.495 e. The molecule has 0 radical (unpaired) electrons. The topological polar surface area (TPSA) is 58.6 Å². The lowest BCUT2D eigenvalue weighted by Gasteiger charge is -2.31. The number of carbonyl (C=O) groups excluding carboxylic acids is 2. The summed E-state index contributed by atoms with van der Waals surface area (Å²) >= 11 is 0. The van der Waals surface area contributed by atoms with Crippen LogP contribution in [0.15, 0.2) is 48.5 Å². The third kappa shape index (κ3) is 5.12. The second kappa shape index (κ2) is 9.40. The maximum Gasteiger partial charge on any atom is 0.227 e. The maximum atomic E-state index is 12.7. The number of nitrogens with zero attached hydrogens (tertiary/aromatic N) is 1. The summed E-state index contributed by atoms with van der Waals surface area (Å²) in [5.74, 6) is 0.749. The molecule has 2 aromatic rings. The summed E-state index contributed by atoms with van der Waals surface area (Å²) in [6.07, 6.45) is 2.66. The standard InChI is InChI=1S/C23H28N2O3/c1-17-8-10-21(28-2)20(16-17)24-23(27)19-12-14-25(15-13-19)22(26)11-9-18-6-4-3-5-7-18/h3-8,10,16,19H,9,11-15H2,1-2H3,(H,24,27). The van der Waals surface area contributed by atoms with E-state index in [1.54, 1.807) is 7.11 Å². The van der Waals surface area contributed by atoms with E-state index in [9.17, 15) is 9.59 Å². The maximum absolute atomic E-state index is 12.7. The highest BCUT2D eigenvalue weighted by atomic mass is 16.5. The number of benzene rings is 2. The molecule has 0 bridgehead atoms. The van der Waals surface area contributed by atoms with Crippen LogP contribution >= 0.6 is 0 Å². The lowest BCUT2D eigenvalue weighted by atomic mass is 9.95. The first-order chi connectivity index (χ1) is 13.6. The van der Waals surface area contributed by atoms with Crippen LogP contribution in [-0.2, 0) is 16.0 Å². The average Bonchev–Trinajstić information content (AvgIpc) is 2.73. The lowest BCUT2D eigenvalue weighted by Crippen LogP contribution is -2.41. The zero-order valence-corrected chi connectivity index (χ0v) is 16.6. The van der Waals surface area contributed by atoms with Gasteiger partial charge in [-0.2, -0.15) is 0 Å². The lowest BCUT2D eigenvalue weighted by molar-refractivity contribution is -0.134. The van der Waals surface area contributed by atoms with Crippen LogP contribution in [0.2, 0.25) is 0 Å². The summed E-state index contributed by atoms with van der Waals surface area (Å²) in [7, 11) is 1.60. The molecule has 5 heteroatoms. The smallest absolute Gasteiger partial charge is 0.227 e. The van der Waals surface area contributed by atoms with Crippen molar-refractivity contribution < 1.29 is 14.3 Å². The molecule has 28 heavy (non-hydrogen) atoms. The van der Waals surface area contributed by atoms with Crippen LogP contribution in [0.25, 0.3) is 0 Å². The highest BCUT2D eigenvalue weighted by Crippen LogP contribution is 2.27. The third-order valence-corrected chi connectivity index (χ3v) is 5.30. The highest BCUT2D eigenvalue weighted by molar-refractivity contribution is 5.94. The van der Waals surface area contributed by atoms with E-state index in [1.807, 2.05) is 60.4 Å². The second-order valence-corrected chi connectivity index (χ2v) is 7.33. The van der Waals surface area contributed by atoms with Crippen molar-refractivity contribution in [2.24, 2.45) is 5.92 Å². The Morgan fingerprint density at radius 3 is 2.50 bits per heavy atom. The van der Waals surface area contributed by atoms with Gasteiger partial charge in [0.1, 0.15) is 5.75 Å². The molecule has 2 amide bonds. The first-order valence-corrected chi connectivity index (χ1v) is 9.84. The quantitative estimate of drug-likeness (QED) is 0.829. The predicted octanol–water partition coefficient (Wildman–Crippen LogP) is 3.81. The van der Waals surface area contributed by atoms with Crippen LogP contribution < -0.4 is 10.1 Å². The van der Waals surface area contributed by atoms with Crippen molar-refractivity contribution in [2.45, 2.75) is 32.6 Å². The molecule has 3 rings (SSSR count). The molecule has 1 fully saturated rings.